The first-order valence-electron chi connectivity index (χ1n) is 8.30. The number of fused-ring (bicyclic) bond motifs is 1. The topological polar surface area (TPSA) is 48.3 Å². The molecule has 2 aromatic carbocycles. The Balaban J connectivity index is 2.11. The lowest BCUT2D eigenvalue weighted by Crippen LogP contribution is -2.22. The molecule has 0 fully saturated rings. The van der Waals surface area contributed by atoms with Crippen LogP contribution < -0.4 is 5.56 Å². The van der Waals surface area contributed by atoms with Crippen molar-refractivity contribution < 1.29 is 13.9 Å². The van der Waals surface area contributed by atoms with E-state index in [-0.39, 0.29) is 25.1 Å². The molecule has 0 amide bonds. The number of rotatable bonds is 5. The highest BCUT2D eigenvalue weighted by Gasteiger charge is 2.14. The molecule has 0 aliphatic rings. The van der Waals surface area contributed by atoms with Crippen LogP contribution in [-0.4, -0.2) is 17.1 Å². The van der Waals surface area contributed by atoms with Gasteiger partial charge in [0, 0.05) is 11.5 Å². The number of halogens is 3. The molecule has 0 aliphatic heterocycles. The number of nitrogens with zero attached hydrogens (tertiary/aromatic N) is 1. The van der Waals surface area contributed by atoms with Gasteiger partial charge in [-0.05, 0) is 48.4 Å². The van der Waals surface area contributed by atoms with Crippen LogP contribution in [0.15, 0.2) is 47.3 Å². The standard InChI is InChI=1S/C20H16Cl2FNO3/c1-2-27-20(26)9-13-8-19(25)24(18-6-4-14(23)10-15(13)18)11-12-3-5-16(21)17(22)7-12/h3-8,10H,2,9,11H2,1H3. The van der Waals surface area contributed by atoms with Gasteiger partial charge >= 0.3 is 5.97 Å². The fraction of sp³-hybridized carbons (Fsp3) is 0.200. The number of benzene rings is 2. The van der Waals surface area contributed by atoms with Gasteiger partial charge in [0.15, 0.2) is 0 Å². The Kier molecular flexibility index (Phi) is 5.82. The molecule has 0 unspecified atom stereocenters. The summed E-state index contributed by atoms with van der Waals surface area (Å²) in [6.07, 6.45) is -0.101. The minimum absolute atomic E-state index is 0.101. The predicted octanol–water partition coefficient (Wildman–Crippen LogP) is 4.60. The SMILES string of the molecule is CCOC(=O)Cc1cc(=O)n(Cc2ccc(Cl)c(Cl)c2)c2ccc(F)cc12. The van der Waals surface area contributed by atoms with E-state index < -0.39 is 11.8 Å². The Labute approximate surface area is 165 Å². The van der Waals surface area contributed by atoms with Gasteiger partial charge in [0.2, 0.25) is 0 Å². The largest absolute Gasteiger partial charge is 0.466 e. The molecule has 3 aromatic rings. The van der Waals surface area contributed by atoms with Crippen LogP contribution in [0.4, 0.5) is 4.39 Å². The highest BCUT2D eigenvalue weighted by atomic mass is 35.5. The Morgan fingerprint density at radius 2 is 1.89 bits per heavy atom. The monoisotopic (exact) mass is 407 g/mol. The third kappa shape index (κ3) is 4.31. The number of aromatic nitrogens is 1. The fourth-order valence-corrected chi connectivity index (χ4v) is 3.24. The number of ether oxygens (including phenoxy) is 1. The van der Waals surface area contributed by atoms with E-state index >= 15 is 0 Å². The number of pyridine rings is 1. The summed E-state index contributed by atoms with van der Waals surface area (Å²) in [7, 11) is 0. The highest BCUT2D eigenvalue weighted by molar-refractivity contribution is 6.42. The van der Waals surface area contributed by atoms with Crippen molar-refractivity contribution in [3.63, 3.8) is 0 Å². The molecule has 4 nitrogen and oxygen atoms in total. The van der Waals surface area contributed by atoms with Gasteiger partial charge in [-0.2, -0.15) is 0 Å². The van der Waals surface area contributed by atoms with Crippen LogP contribution in [-0.2, 0) is 22.5 Å². The summed E-state index contributed by atoms with van der Waals surface area (Å²) in [5.74, 6) is -0.919. The van der Waals surface area contributed by atoms with Crippen LogP contribution >= 0.6 is 23.2 Å². The van der Waals surface area contributed by atoms with E-state index in [1.807, 2.05) is 0 Å². The third-order valence-corrected chi connectivity index (χ3v) is 4.86. The first kappa shape index (κ1) is 19.4. The van der Waals surface area contributed by atoms with Crippen molar-refractivity contribution in [2.75, 3.05) is 6.61 Å². The van der Waals surface area contributed by atoms with Crippen molar-refractivity contribution in [3.8, 4) is 0 Å². The van der Waals surface area contributed by atoms with E-state index in [0.29, 0.717) is 26.5 Å². The van der Waals surface area contributed by atoms with Crippen molar-refractivity contribution >= 4 is 40.1 Å². The molecule has 7 heteroatoms. The fourth-order valence-electron chi connectivity index (χ4n) is 2.92. The maximum Gasteiger partial charge on any atom is 0.310 e. The van der Waals surface area contributed by atoms with Gasteiger partial charge in [-0.1, -0.05) is 29.3 Å². The van der Waals surface area contributed by atoms with Crippen LogP contribution in [0.2, 0.25) is 10.0 Å². The summed E-state index contributed by atoms with van der Waals surface area (Å²) < 4.78 is 20.3. The van der Waals surface area contributed by atoms with Crippen molar-refractivity contribution in [1.82, 2.24) is 4.57 Å². The zero-order valence-electron chi connectivity index (χ0n) is 14.5. The Bertz CT molecular complexity index is 1080. The molecule has 1 aromatic heterocycles. The lowest BCUT2D eigenvalue weighted by atomic mass is 10.1. The molecule has 1 heterocycles. The second-order valence-electron chi connectivity index (χ2n) is 5.99. The number of hydrogen-bond acceptors (Lipinski definition) is 3. The average Bonchev–Trinajstić information content (AvgIpc) is 2.61. The number of esters is 1. The van der Waals surface area contributed by atoms with Gasteiger partial charge in [-0.25, -0.2) is 4.39 Å². The summed E-state index contributed by atoms with van der Waals surface area (Å²) in [5, 5.41) is 1.30. The molecule has 0 spiro atoms. The molecule has 3 rings (SSSR count). The average molecular weight is 408 g/mol. The molecule has 0 aliphatic carbocycles. The van der Waals surface area contributed by atoms with Crippen molar-refractivity contribution in [2.45, 2.75) is 19.9 Å². The number of carbonyl (C=O) groups excluding carboxylic acids is 1. The van der Waals surface area contributed by atoms with Crippen LogP contribution in [0.25, 0.3) is 10.9 Å². The van der Waals surface area contributed by atoms with Crippen LogP contribution in [0.1, 0.15) is 18.1 Å². The number of hydrogen-bond donors (Lipinski definition) is 0. The molecule has 0 bridgehead atoms. The second kappa shape index (κ2) is 8.11. The van der Waals surface area contributed by atoms with E-state index in [1.165, 1.54) is 28.8 Å². The molecule has 140 valence electrons. The molecular formula is C20H16Cl2FNO3. The molecule has 27 heavy (non-hydrogen) atoms. The van der Waals surface area contributed by atoms with Crippen molar-refractivity contribution in [3.05, 3.63) is 79.8 Å². The minimum atomic E-state index is -0.468. The Hall–Kier alpha value is -2.37. The van der Waals surface area contributed by atoms with E-state index in [2.05, 4.69) is 0 Å². The molecule has 0 atom stereocenters. The first-order valence-corrected chi connectivity index (χ1v) is 9.06. The molecule has 0 N–H and O–H groups in total. The quantitative estimate of drug-likeness (QED) is 0.580. The van der Waals surface area contributed by atoms with Gasteiger partial charge in [-0.3, -0.25) is 9.59 Å². The van der Waals surface area contributed by atoms with E-state index in [4.69, 9.17) is 27.9 Å². The van der Waals surface area contributed by atoms with E-state index in [1.54, 1.807) is 25.1 Å². The van der Waals surface area contributed by atoms with Gasteiger partial charge in [-0.15, -0.1) is 0 Å². The summed E-state index contributed by atoms with van der Waals surface area (Å²) in [6.45, 7) is 2.17. The lowest BCUT2D eigenvalue weighted by Gasteiger charge is -2.14. The second-order valence-corrected chi connectivity index (χ2v) is 6.80. The maximum atomic E-state index is 13.8. The molecule has 0 radical (unpaired) electrons. The smallest absolute Gasteiger partial charge is 0.310 e. The van der Waals surface area contributed by atoms with Crippen LogP contribution in [0, 0.1) is 5.82 Å². The maximum absolute atomic E-state index is 13.8. The van der Waals surface area contributed by atoms with E-state index in [0.717, 1.165) is 5.56 Å². The van der Waals surface area contributed by atoms with Crippen molar-refractivity contribution in [2.24, 2.45) is 0 Å². The van der Waals surface area contributed by atoms with Crippen LogP contribution in [0.3, 0.4) is 0 Å². The summed E-state index contributed by atoms with van der Waals surface area (Å²) in [4.78, 5) is 24.5. The Morgan fingerprint density at radius 1 is 1.11 bits per heavy atom. The summed E-state index contributed by atoms with van der Waals surface area (Å²) >= 11 is 12.0. The van der Waals surface area contributed by atoms with Gasteiger partial charge in [0.25, 0.3) is 5.56 Å². The van der Waals surface area contributed by atoms with E-state index in [9.17, 15) is 14.0 Å². The lowest BCUT2D eigenvalue weighted by molar-refractivity contribution is -0.142. The summed E-state index contributed by atoms with van der Waals surface area (Å²) in [5.41, 5.74) is 1.42. The molecular weight excluding hydrogens is 392 g/mol. The number of carbonyl (C=O) groups is 1. The zero-order chi connectivity index (χ0) is 19.6. The highest BCUT2D eigenvalue weighted by Crippen LogP contribution is 2.24. The van der Waals surface area contributed by atoms with Crippen LogP contribution in [0.5, 0.6) is 0 Å². The zero-order valence-corrected chi connectivity index (χ0v) is 16.0. The molecule has 0 saturated carbocycles. The third-order valence-electron chi connectivity index (χ3n) is 4.12. The Morgan fingerprint density at radius 3 is 2.59 bits per heavy atom. The predicted molar refractivity (Wildman–Crippen MR) is 104 cm³/mol. The van der Waals surface area contributed by atoms with Gasteiger partial charge in [0.05, 0.1) is 35.1 Å². The normalized spacial score (nSPS) is 11.0. The van der Waals surface area contributed by atoms with Gasteiger partial charge < -0.3 is 9.30 Å². The van der Waals surface area contributed by atoms with Crippen molar-refractivity contribution in [1.29, 1.82) is 0 Å². The van der Waals surface area contributed by atoms with Gasteiger partial charge in [0.1, 0.15) is 5.82 Å². The first-order chi connectivity index (χ1) is 12.9. The molecule has 0 saturated heterocycles. The summed E-state index contributed by atoms with van der Waals surface area (Å²) in [6, 6.07) is 10.6. The minimum Gasteiger partial charge on any atom is -0.466 e.